The van der Waals surface area contributed by atoms with Crippen LogP contribution in [0.1, 0.15) is 31.2 Å². The van der Waals surface area contributed by atoms with Crippen LogP contribution in [-0.2, 0) is 0 Å². The molecule has 2 rings (SSSR count). The van der Waals surface area contributed by atoms with E-state index in [-0.39, 0.29) is 0 Å². The summed E-state index contributed by atoms with van der Waals surface area (Å²) in [7, 11) is 0. The van der Waals surface area contributed by atoms with E-state index in [4.69, 9.17) is 11.0 Å². The van der Waals surface area contributed by atoms with Gasteiger partial charge in [-0.2, -0.15) is 17.0 Å². The van der Waals surface area contributed by atoms with Gasteiger partial charge < -0.3 is 11.1 Å². The van der Waals surface area contributed by atoms with Crippen LogP contribution in [0.15, 0.2) is 12.3 Å². The summed E-state index contributed by atoms with van der Waals surface area (Å²) in [5, 5.41) is 12.2. The normalized spacial score (nSPS) is 17.3. The lowest BCUT2D eigenvalue weighted by molar-refractivity contribution is 0.639. The third-order valence-electron chi connectivity index (χ3n) is 3.64. The minimum absolute atomic E-state index is 0.302. The van der Waals surface area contributed by atoms with Gasteiger partial charge in [-0.3, -0.25) is 0 Å². The predicted octanol–water partition coefficient (Wildman–Crippen LogP) is 2.62. The molecule has 1 aliphatic carbocycles. The van der Waals surface area contributed by atoms with E-state index in [0.717, 1.165) is 6.54 Å². The fourth-order valence-electron chi connectivity index (χ4n) is 2.43. The zero-order valence-corrected chi connectivity index (χ0v) is 11.4. The van der Waals surface area contributed by atoms with Crippen molar-refractivity contribution in [2.24, 2.45) is 0 Å². The van der Waals surface area contributed by atoms with Gasteiger partial charge in [0.25, 0.3) is 0 Å². The van der Waals surface area contributed by atoms with Gasteiger partial charge in [-0.1, -0.05) is 12.8 Å². The molecule has 1 saturated carbocycles. The van der Waals surface area contributed by atoms with Gasteiger partial charge >= 0.3 is 0 Å². The van der Waals surface area contributed by atoms with Crippen LogP contribution in [0.3, 0.4) is 0 Å². The standard InChI is InChI=1S/C13H18N4S/c1-18-13(5-2-3-6-13)9-17-12-11(15)10(8-14)4-7-16-12/h4,7H,2-3,5-6,9,15H2,1H3,(H,16,17). The molecule has 0 atom stereocenters. The molecule has 1 fully saturated rings. The molecule has 0 unspecified atom stereocenters. The maximum absolute atomic E-state index is 8.93. The van der Waals surface area contributed by atoms with Gasteiger partial charge in [0.05, 0.1) is 11.3 Å². The van der Waals surface area contributed by atoms with Crippen molar-refractivity contribution in [3.8, 4) is 6.07 Å². The number of nitrogens with one attached hydrogen (secondary N) is 1. The van der Waals surface area contributed by atoms with E-state index >= 15 is 0 Å². The zero-order valence-electron chi connectivity index (χ0n) is 10.6. The van der Waals surface area contributed by atoms with Gasteiger partial charge in [0.15, 0.2) is 5.82 Å². The second-order valence-corrected chi connectivity index (χ2v) is 5.95. The summed E-state index contributed by atoms with van der Waals surface area (Å²) in [5.41, 5.74) is 6.85. The monoisotopic (exact) mass is 262 g/mol. The van der Waals surface area contributed by atoms with Gasteiger partial charge in [-0.25, -0.2) is 4.98 Å². The van der Waals surface area contributed by atoms with Gasteiger partial charge in [0, 0.05) is 17.5 Å². The molecule has 0 radical (unpaired) electrons. The molecule has 0 aliphatic heterocycles. The Morgan fingerprint density at radius 1 is 1.56 bits per heavy atom. The van der Waals surface area contributed by atoms with E-state index in [9.17, 15) is 0 Å². The number of anilines is 2. The SMILES string of the molecule is CSC1(CNc2nccc(C#N)c2N)CCCC1. The molecule has 1 aliphatic rings. The van der Waals surface area contributed by atoms with Crippen LogP contribution in [0.2, 0.25) is 0 Å². The molecule has 1 heterocycles. The molecular formula is C13H18N4S. The molecule has 5 heteroatoms. The Hall–Kier alpha value is -1.41. The second kappa shape index (κ2) is 5.49. The molecule has 96 valence electrons. The van der Waals surface area contributed by atoms with Crippen LogP contribution in [0.5, 0.6) is 0 Å². The minimum Gasteiger partial charge on any atom is -0.395 e. The fraction of sp³-hybridized carbons (Fsp3) is 0.538. The average Bonchev–Trinajstić information content (AvgIpc) is 2.87. The highest BCUT2D eigenvalue weighted by Crippen LogP contribution is 2.40. The van der Waals surface area contributed by atoms with E-state index in [1.54, 1.807) is 12.3 Å². The number of hydrogen-bond donors (Lipinski definition) is 2. The fourth-order valence-corrected chi connectivity index (χ4v) is 3.34. The molecular weight excluding hydrogens is 244 g/mol. The third kappa shape index (κ3) is 2.54. The lowest BCUT2D eigenvalue weighted by Crippen LogP contribution is -2.30. The van der Waals surface area contributed by atoms with Gasteiger partial charge in [0.1, 0.15) is 6.07 Å². The van der Waals surface area contributed by atoms with Crippen molar-refractivity contribution in [3.05, 3.63) is 17.8 Å². The second-order valence-electron chi connectivity index (χ2n) is 4.68. The largest absolute Gasteiger partial charge is 0.395 e. The van der Waals surface area contributed by atoms with Crippen LogP contribution < -0.4 is 11.1 Å². The summed E-state index contributed by atoms with van der Waals surface area (Å²) in [6.45, 7) is 0.861. The van der Waals surface area contributed by atoms with Crippen molar-refractivity contribution in [3.63, 3.8) is 0 Å². The number of thioether (sulfide) groups is 1. The average molecular weight is 262 g/mol. The number of nitrogens with zero attached hydrogens (tertiary/aromatic N) is 2. The Balaban J connectivity index is 2.08. The highest BCUT2D eigenvalue weighted by Gasteiger charge is 2.32. The van der Waals surface area contributed by atoms with E-state index < -0.39 is 0 Å². The number of nitrogens with two attached hydrogens (primary N) is 1. The summed E-state index contributed by atoms with van der Waals surface area (Å²) in [6.07, 6.45) is 8.85. The maximum Gasteiger partial charge on any atom is 0.150 e. The summed E-state index contributed by atoms with van der Waals surface area (Å²) >= 11 is 1.92. The summed E-state index contributed by atoms with van der Waals surface area (Å²) in [6, 6.07) is 3.72. The van der Waals surface area contributed by atoms with Gasteiger partial charge in [-0.05, 0) is 25.2 Å². The smallest absolute Gasteiger partial charge is 0.150 e. The highest BCUT2D eigenvalue weighted by atomic mass is 32.2. The van der Waals surface area contributed by atoms with Crippen LogP contribution in [0.4, 0.5) is 11.5 Å². The molecule has 0 bridgehead atoms. The van der Waals surface area contributed by atoms with Crippen molar-refractivity contribution < 1.29 is 0 Å². The minimum atomic E-state index is 0.302. The van der Waals surface area contributed by atoms with E-state index in [1.807, 2.05) is 11.8 Å². The van der Waals surface area contributed by atoms with E-state index in [2.05, 4.69) is 22.6 Å². The van der Waals surface area contributed by atoms with E-state index in [0.29, 0.717) is 21.8 Å². The first-order valence-corrected chi connectivity index (χ1v) is 7.37. The van der Waals surface area contributed by atoms with Gasteiger partial charge in [-0.15, -0.1) is 0 Å². The van der Waals surface area contributed by atoms with E-state index in [1.165, 1.54) is 25.7 Å². The van der Waals surface area contributed by atoms with Crippen molar-refractivity contribution in [1.82, 2.24) is 4.98 Å². The van der Waals surface area contributed by atoms with Crippen molar-refractivity contribution in [1.29, 1.82) is 5.26 Å². The summed E-state index contributed by atoms with van der Waals surface area (Å²) in [4.78, 5) is 4.22. The Kier molecular flexibility index (Phi) is 3.97. The quantitative estimate of drug-likeness (QED) is 0.872. The number of nitrogen functional groups attached to an aromatic ring is 1. The van der Waals surface area contributed by atoms with Crippen LogP contribution in [0.25, 0.3) is 0 Å². The molecule has 1 aromatic heterocycles. The topological polar surface area (TPSA) is 74.7 Å². The van der Waals surface area contributed by atoms with Crippen molar-refractivity contribution in [2.75, 3.05) is 23.9 Å². The molecule has 0 amide bonds. The third-order valence-corrected chi connectivity index (χ3v) is 5.05. The first-order valence-electron chi connectivity index (χ1n) is 6.14. The number of pyridine rings is 1. The first-order chi connectivity index (χ1) is 8.71. The Morgan fingerprint density at radius 2 is 2.28 bits per heavy atom. The Morgan fingerprint density at radius 3 is 2.89 bits per heavy atom. The van der Waals surface area contributed by atoms with Crippen LogP contribution >= 0.6 is 11.8 Å². The van der Waals surface area contributed by atoms with Crippen molar-refractivity contribution in [2.45, 2.75) is 30.4 Å². The summed E-state index contributed by atoms with van der Waals surface area (Å²) in [5.74, 6) is 0.634. The highest BCUT2D eigenvalue weighted by molar-refractivity contribution is 8.00. The Labute approximate surface area is 112 Å². The molecule has 3 N–H and O–H groups in total. The van der Waals surface area contributed by atoms with Crippen LogP contribution in [-0.4, -0.2) is 22.5 Å². The molecule has 18 heavy (non-hydrogen) atoms. The van der Waals surface area contributed by atoms with Crippen molar-refractivity contribution >= 4 is 23.3 Å². The Bertz CT molecular complexity index is 461. The summed E-state index contributed by atoms with van der Waals surface area (Å²) < 4.78 is 0.302. The number of aromatic nitrogens is 1. The van der Waals surface area contributed by atoms with Gasteiger partial charge in [0.2, 0.25) is 0 Å². The molecule has 0 spiro atoms. The number of hydrogen-bond acceptors (Lipinski definition) is 5. The zero-order chi connectivity index (χ0) is 13.0. The lowest BCUT2D eigenvalue weighted by atomic mass is 10.1. The maximum atomic E-state index is 8.93. The first kappa shape index (κ1) is 13.0. The lowest BCUT2D eigenvalue weighted by Gasteiger charge is -2.27. The molecule has 0 aromatic carbocycles. The number of nitriles is 1. The predicted molar refractivity (Wildman–Crippen MR) is 76.6 cm³/mol. The molecule has 1 aromatic rings. The van der Waals surface area contributed by atoms with Crippen LogP contribution in [0, 0.1) is 11.3 Å². The molecule has 4 nitrogen and oxygen atoms in total. The molecule has 0 saturated heterocycles. The number of rotatable bonds is 4.